The molecule has 0 N–H and O–H groups in total. The minimum absolute atomic E-state index is 0.403. The SMILES string of the molecule is c1ccc2oc(Sc3nnnn3C3CCCCC3)nc2c1. The van der Waals surface area contributed by atoms with Crippen LogP contribution in [0.3, 0.4) is 0 Å². The molecule has 2 heterocycles. The summed E-state index contributed by atoms with van der Waals surface area (Å²) in [5.41, 5.74) is 1.65. The fourth-order valence-electron chi connectivity index (χ4n) is 2.78. The minimum atomic E-state index is 0.403. The van der Waals surface area contributed by atoms with Gasteiger partial charge in [-0.25, -0.2) is 9.67 Å². The van der Waals surface area contributed by atoms with Crippen molar-refractivity contribution in [2.24, 2.45) is 0 Å². The second kappa shape index (κ2) is 5.48. The van der Waals surface area contributed by atoms with Crippen molar-refractivity contribution in [1.29, 1.82) is 0 Å². The molecule has 1 saturated carbocycles. The van der Waals surface area contributed by atoms with Crippen LogP contribution in [-0.4, -0.2) is 25.2 Å². The number of aromatic nitrogens is 5. The molecule has 0 unspecified atom stereocenters. The Balaban J connectivity index is 1.60. The summed E-state index contributed by atoms with van der Waals surface area (Å²) in [6, 6.07) is 8.14. The molecular weight excluding hydrogens is 286 g/mol. The quantitative estimate of drug-likeness (QED) is 0.737. The van der Waals surface area contributed by atoms with Gasteiger partial charge in [0.15, 0.2) is 5.58 Å². The lowest BCUT2D eigenvalue weighted by Crippen LogP contribution is -2.15. The van der Waals surface area contributed by atoms with Crippen LogP contribution >= 0.6 is 11.8 Å². The Labute approximate surface area is 125 Å². The normalized spacial score (nSPS) is 16.6. The molecule has 4 rings (SSSR count). The van der Waals surface area contributed by atoms with Crippen molar-refractivity contribution < 1.29 is 4.42 Å². The predicted octanol–water partition coefficient (Wildman–Crippen LogP) is 3.47. The van der Waals surface area contributed by atoms with Crippen LogP contribution in [0.1, 0.15) is 38.1 Å². The average Bonchev–Trinajstić information content (AvgIpc) is 3.14. The number of oxazole rings is 1. The summed E-state index contributed by atoms with van der Waals surface area (Å²) in [5.74, 6) is 0. The van der Waals surface area contributed by atoms with Gasteiger partial charge < -0.3 is 4.42 Å². The summed E-state index contributed by atoms with van der Waals surface area (Å²) >= 11 is 1.39. The van der Waals surface area contributed by atoms with E-state index >= 15 is 0 Å². The molecule has 0 spiro atoms. The number of rotatable bonds is 3. The first-order valence-electron chi connectivity index (χ1n) is 7.21. The smallest absolute Gasteiger partial charge is 0.264 e. The van der Waals surface area contributed by atoms with Crippen molar-refractivity contribution in [2.45, 2.75) is 48.5 Å². The zero-order valence-electron chi connectivity index (χ0n) is 11.5. The molecule has 1 aromatic carbocycles. The van der Waals surface area contributed by atoms with E-state index in [1.807, 2.05) is 28.9 Å². The third-order valence-corrected chi connectivity index (χ3v) is 4.64. The lowest BCUT2D eigenvalue weighted by atomic mass is 9.96. The van der Waals surface area contributed by atoms with Crippen LogP contribution in [0.4, 0.5) is 0 Å². The Hall–Kier alpha value is -1.89. The molecular formula is C14H15N5OS. The standard InChI is InChI=1S/C14H15N5OS/c1-2-6-10(7-3-1)19-13(16-17-18-19)21-14-15-11-8-4-5-9-12(11)20-14/h4-5,8-10H,1-3,6-7H2. The van der Waals surface area contributed by atoms with Crippen LogP contribution in [-0.2, 0) is 0 Å². The number of tetrazole rings is 1. The fourth-order valence-corrected chi connectivity index (χ4v) is 3.57. The monoisotopic (exact) mass is 301 g/mol. The molecule has 0 atom stereocenters. The van der Waals surface area contributed by atoms with E-state index in [-0.39, 0.29) is 0 Å². The van der Waals surface area contributed by atoms with Crippen LogP contribution in [0.25, 0.3) is 11.1 Å². The maximum atomic E-state index is 5.73. The van der Waals surface area contributed by atoms with Gasteiger partial charge in [0.2, 0.25) is 5.16 Å². The van der Waals surface area contributed by atoms with Gasteiger partial charge in [0.1, 0.15) is 5.52 Å². The van der Waals surface area contributed by atoms with E-state index < -0.39 is 0 Å². The molecule has 0 amide bonds. The van der Waals surface area contributed by atoms with Gasteiger partial charge in [-0.3, -0.25) is 0 Å². The van der Waals surface area contributed by atoms with Crippen molar-refractivity contribution in [3.8, 4) is 0 Å². The van der Waals surface area contributed by atoms with Crippen molar-refractivity contribution in [3.63, 3.8) is 0 Å². The van der Waals surface area contributed by atoms with Crippen molar-refractivity contribution >= 4 is 22.9 Å². The molecule has 21 heavy (non-hydrogen) atoms. The van der Waals surface area contributed by atoms with Crippen LogP contribution < -0.4 is 0 Å². The van der Waals surface area contributed by atoms with Gasteiger partial charge in [0, 0.05) is 11.8 Å². The van der Waals surface area contributed by atoms with Gasteiger partial charge in [-0.05, 0) is 35.4 Å². The maximum absolute atomic E-state index is 5.73. The molecule has 0 aliphatic heterocycles. The Morgan fingerprint density at radius 1 is 1.14 bits per heavy atom. The first-order valence-corrected chi connectivity index (χ1v) is 8.03. The molecule has 1 aliphatic carbocycles. The lowest BCUT2D eigenvalue weighted by molar-refractivity contribution is 0.307. The fraction of sp³-hybridized carbons (Fsp3) is 0.429. The van der Waals surface area contributed by atoms with E-state index in [9.17, 15) is 0 Å². The summed E-state index contributed by atoms with van der Waals surface area (Å²) in [4.78, 5) is 4.46. The van der Waals surface area contributed by atoms with Crippen LogP contribution in [0, 0.1) is 0 Å². The summed E-state index contributed by atoms with van der Waals surface area (Å²) in [5, 5.41) is 13.4. The van der Waals surface area contributed by atoms with E-state index in [1.165, 1.54) is 31.0 Å². The summed E-state index contributed by atoms with van der Waals surface area (Å²) in [6.07, 6.45) is 6.10. The molecule has 108 valence electrons. The second-order valence-corrected chi connectivity index (χ2v) is 6.17. The number of fused-ring (bicyclic) bond motifs is 1. The Morgan fingerprint density at radius 2 is 2.00 bits per heavy atom. The van der Waals surface area contributed by atoms with Crippen molar-refractivity contribution in [1.82, 2.24) is 25.2 Å². The topological polar surface area (TPSA) is 69.6 Å². The van der Waals surface area contributed by atoms with Gasteiger partial charge in [-0.2, -0.15) is 0 Å². The first kappa shape index (κ1) is 12.8. The van der Waals surface area contributed by atoms with Gasteiger partial charge in [0.25, 0.3) is 5.22 Å². The Morgan fingerprint density at radius 3 is 2.86 bits per heavy atom. The lowest BCUT2D eigenvalue weighted by Gasteiger charge is -2.21. The highest BCUT2D eigenvalue weighted by atomic mass is 32.2. The van der Waals surface area contributed by atoms with Gasteiger partial charge in [0.05, 0.1) is 6.04 Å². The molecule has 7 heteroatoms. The van der Waals surface area contributed by atoms with Crippen LogP contribution in [0.15, 0.2) is 39.1 Å². The zero-order valence-corrected chi connectivity index (χ0v) is 12.3. The third-order valence-electron chi connectivity index (χ3n) is 3.84. The van der Waals surface area contributed by atoms with Gasteiger partial charge in [-0.15, -0.1) is 5.10 Å². The minimum Gasteiger partial charge on any atom is -0.431 e. The molecule has 1 aliphatic rings. The Bertz CT molecular complexity index is 714. The summed E-state index contributed by atoms with van der Waals surface area (Å²) in [7, 11) is 0. The third kappa shape index (κ3) is 2.53. The summed E-state index contributed by atoms with van der Waals surface area (Å²) in [6.45, 7) is 0. The molecule has 0 saturated heterocycles. The maximum Gasteiger partial charge on any atom is 0.264 e. The molecule has 0 radical (unpaired) electrons. The highest BCUT2D eigenvalue weighted by Crippen LogP contribution is 2.33. The van der Waals surface area contributed by atoms with Gasteiger partial charge >= 0.3 is 0 Å². The number of para-hydroxylation sites is 2. The van der Waals surface area contributed by atoms with E-state index in [0.29, 0.717) is 11.3 Å². The predicted molar refractivity (Wildman–Crippen MR) is 78.1 cm³/mol. The molecule has 0 bridgehead atoms. The number of hydrogen-bond acceptors (Lipinski definition) is 6. The second-order valence-electron chi connectivity index (χ2n) is 5.25. The van der Waals surface area contributed by atoms with Crippen LogP contribution in [0.2, 0.25) is 0 Å². The van der Waals surface area contributed by atoms with Gasteiger partial charge in [-0.1, -0.05) is 31.4 Å². The number of benzene rings is 1. The van der Waals surface area contributed by atoms with Crippen molar-refractivity contribution in [2.75, 3.05) is 0 Å². The number of hydrogen-bond donors (Lipinski definition) is 0. The highest BCUT2D eigenvalue weighted by Gasteiger charge is 2.21. The first-order chi connectivity index (χ1) is 10.4. The number of nitrogens with zero attached hydrogens (tertiary/aromatic N) is 5. The summed E-state index contributed by atoms with van der Waals surface area (Å²) < 4.78 is 7.66. The van der Waals surface area contributed by atoms with Crippen molar-refractivity contribution in [3.05, 3.63) is 24.3 Å². The van der Waals surface area contributed by atoms with E-state index in [4.69, 9.17) is 4.42 Å². The Kier molecular flexibility index (Phi) is 3.34. The van der Waals surface area contributed by atoms with E-state index in [2.05, 4.69) is 20.5 Å². The van der Waals surface area contributed by atoms with Crippen LogP contribution in [0.5, 0.6) is 0 Å². The largest absolute Gasteiger partial charge is 0.431 e. The zero-order chi connectivity index (χ0) is 14.1. The molecule has 6 nitrogen and oxygen atoms in total. The highest BCUT2D eigenvalue weighted by molar-refractivity contribution is 7.99. The van der Waals surface area contributed by atoms with E-state index in [1.54, 1.807) is 0 Å². The molecule has 3 aromatic rings. The molecule has 2 aromatic heterocycles. The van der Waals surface area contributed by atoms with E-state index in [0.717, 1.165) is 29.1 Å². The average molecular weight is 301 g/mol. The molecule has 1 fully saturated rings.